The summed E-state index contributed by atoms with van der Waals surface area (Å²) in [6.45, 7) is 0. The van der Waals surface area contributed by atoms with Crippen molar-refractivity contribution in [3.05, 3.63) is 30.1 Å². The van der Waals surface area contributed by atoms with Crippen LogP contribution in [0.15, 0.2) is 24.5 Å². The van der Waals surface area contributed by atoms with Crippen molar-refractivity contribution in [2.24, 2.45) is 0 Å². The van der Waals surface area contributed by atoms with Crippen molar-refractivity contribution in [1.29, 1.82) is 0 Å². The second-order valence-electron chi connectivity index (χ2n) is 6.64. The molecule has 0 spiro atoms. The molecule has 1 amide bonds. The van der Waals surface area contributed by atoms with Crippen molar-refractivity contribution in [1.82, 2.24) is 9.78 Å². The Bertz CT molecular complexity index is 939. The Morgan fingerprint density at radius 1 is 0.938 bits per heavy atom. The number of benzene rings is 1. The Morgan fingerprint density at radius 2 is 1.56 bits per heavy atom. The number of hydrogen-bond acceptors (Lipinski definition) is 9. The van der Waals surface area contributed by atoms with Gasteiger partial charge in [-0.05, 0) is 6.07 Å². The van der Waals surface area contributed by atoms with Gasteiger partial charge < -0.3 is 29.0 Å². The van der Waals surface area contributed by atoms with Crippen molar-refractivity contribution in [2.75, 3.05) is 40.9 Å². The molecule has 174 valence electrons. The van der Waals surface area contributed by atoms with Gasteiger partial charge >= 0.3 is 11.9 Å². The summed E-state index contributed by atoms with van der Waals surface area (Å²) in [6, 6.07) is 2.78. The highest BCUT2D eigenvalue weighted by Gasteiger charge is 2.22. The maximum atomic E-state index is 12.6. The number of carbonyl (C=O) groups is 3. The lowest BCUT2D eigenvalue weighted by atomic mass is 10.1. The normalized spacial score (nSPS) is 10.4. The third-order valence-electron chi connectivity index (χ3n) is 4.66. The summed E-state index contributed by atoms with van der Waals surface area (Å²) in [5, 5.41) is 6.90. The summed E-state index contributed by atoms with van der Waals surface area (Å²) in [5.74, 6) is -0.0545. The lowest BCUT2D eigenvalue weighted by molar-refractivity contribution is -0.144. The quantitative estimate of drug-likeness (QED) is 0.510. The van der Waals surface area contributed by atoms with Gasteiger partial charge in [0, 0.05) is 11.8 Å². The maximum absolute atomic E-state index is 12.6. The van der Waals surface area contributed by atoms with Gasteiger partial charge in [-0.3, -0.25) is 19.1 Å². The van der Waals surface area contributed by atoms with Gasteiger partial charge in [0.2, 0.25) is 11.7 Å². The van der Waals surface area contributed by atoms with Crippen LogP contribution in [-0.2, 0) is 30.3 Å². The monoisotopic (exact) mass is 449 g/mol. The Hall–Kier alpha value is -3.76. The zero-order valence-electron chi connectivity index (χ0n) is 18.7. The van der Waals surface area contributed by atoms with Crippen molar-refractivity contribution < 1.29 is 38.1 Å². The first kappa shape index (κ1) is 24.5. The number of ether oxygens (including phenoxy) is 5. The first-order valence-electron chi connectivity index (χ1n) is 9.62. The first-order chi connectivity index (χ1) is 15.4. The van der Waals surface area contributed by atoms with Gasteiger partial charge in [-0.25, -0.2) is 0 Å². The first-order valence-corrected chi connectivity index (χ1v) is 9.62. The molecular weight excluding hydrogens is 422 g/mol. The van der Waals surface area contributed by atoms with E-state index in [9.17, 15) is 14.4 Å². The highest BCUT2D eigenvalue weighted by atomic mass is 16.5. The predicted molar refractivity (Wildman–Crippen MR) is 113 cm³/mol. The summed E-state index contributed by atoms with van der Waals surface area (Å²) in [4.78, 5) is 36.0. The van der Waals surface area contributed by atoms with E-state index in [1.165, 1.54) is 52.6 Å². The Balaban J connectivity index is 2.15. The van der Waals surface area contributed by atoms with Gasteiger partial charge in [-0.2, -0.15) is 5.10 Å². The number of nitrogens with one attached hydrogen (secondary N) is 1. The third kappa shape index (κ3) is 6.13. The summed E-state index contributed by atoms with van der Waals surface area (Å²) >= 11 is 0. The van der Waals surface area contributed by atoms with Crippen LogP contribution in [0.2, 0.25) is 0 Å². The van der Waals surface area contributed by atoms with E-state index in [-0.39, 0.29) is 25.2 Å². The van der Waals surface area contributed by atoms with E-state index in [1.807, 2.05) is 0 Å². The molecule has 1 heterocycles. The molecule has 0 aliphatic heterocycles. The van der Waals surface area contributed by atoms with E-state index in [4.69, 9.17) is 14.2 Å². The molecule has 0 atom stereocenters. The fourth-order valence-corrected chi connectivity index (χ4v) is 3.09. The van der Waals surface area contributed by atoms with E-state index in [1.54, 1.807) is 12.1 Å². The molecule has 0 aliphatic carbocycles. The van der Waals surface area contributed by atoms with E-state index in [2.05, 4.69) is 19.9 Å². The van der Waals surface area contributed by atoms with Crippen molar-refractivity contribution in [3.8, 4) is 17.2 Å². The minimum absolute atomic E-state index is 0.00244. The predicted octanol–water partition coefficient (Wildman–Crippen LogP) is 1.76. The van der Waals surface area contributed by atoms with Crippen LogP contribution in [0.4, 0.5) is 5.69 Å². The summed E-state index contributed by atoms with van der Waals surface area (Å²) in [7, 11) is 6.99. The van der Waals surface area contributed by atoms with Gasteiger partial charge in [0.1, 0.15) is 0 Å². The molecule has 0 unspecified atom stereocenters. The number of hydrogen-bond donors (Lipinski definition) is 1. The van der Waals surface area contributed by atoms with Crippen LogP contribution in [0, 0.1) is 0 Å². The number of methoxy groups -OCH3 is 5. The van der Waals surface area contributed by atoms with Crippen molar-refractivity contribution in [3.63, 3.8) is 0 Å². The highest BCUT2D eigenvalue weighted by Crippen LogP contribution is 2.40. The summed E-state index contributed by atoms with van der Waals surface area (Å²) in [5.41, 5.74) is 0.999. The third-order valence-corrected chi connectivity index (χ3v) is 4.66. The molecule has 11 nitrogen and oxygen atoms in total. The minimum atomic E-state index is -0.619. The SMILES string of the molecule is COC(=O)CC(CC(=O)OC)n1cc(NC(=O)Cc2ccc(OC)c(OC)c2OC)cn1. The lowest BCUT2D eigenvalue weighted by Crippen LogP contribution is -2.19. The number of esters is 2. The van der Waals surface area contributed by atoms with Crippen LogP contribution in [-0.4, -0.2) is 63.2 Å². The van der Waals surface area contributed by atoms with Gasteiger partial charge in [0.25, 0.3) is 0 Å². The van der Waals surface area contributed by atoms with Gasteiger partial charge in [-0.15, -0.1) is 0 Å². The average molecular weight is 449 g/mol. The number of aromatic nitrogens is 2. The van der Waals surface area contributed by atoms with Gasteiger partial charge in [0.05, 0.1) is 72.7 Å². The molecule has 11 heteroatoms. The van der Waals surface area contributed by atoms with Crippen molar-refractivity contribution in [2.45, 2.75) is 25.3 Å². The minimum Gasteiger partial charge on any atom is -0.493 e. The largest absolute Gasteiger partial charge is 0.493 e. The Kier molecular flexibility index (Phi) is 8.87. The molecule has 0 saturated heterocycles. The van der Waals surface area contributed by atoms with Crippen LogP contribution in [0.1, 0.15) is 24.4 Å². The fraction of sp³-hybridized carbons (Fsp3) is 0.429. The van der Waals surface area contributed by atoms with E-state index >= 15 is 0 Å². The molecular formula is C21H27N3O8. The number of nitrogens with zero attached hydrogens (tertiary/aromatic N) is 2. The molecule has 1 N–H and O–H groups in total. The zero-order chi connectivity index (χ0) is 23.7. The van der Waals surface area contributed by atoms with Crippen LogP contribution < -0.4 is 19.5 Å². The molecule has 2 rings (SSSR count). The number of carbonyl (C=O) groups excluding carboxylic acids is 3. The molecule has 0 bridgehead atoms. The fourth-order valence-electron chi connectivity index (χ4n) is 3.09. The van der Waals surface area contributed by atoms with Crippen LogP contribution in [0.5, 0.6) is 17.2 Å². The smallest absolute Gasteiger partial charge is 0.307 e. The number of rotatable bonds is 11. The molecule has 0 aliphatic rings. The number of anilines is 1. The summed E-state index contributed by atoms with van der Waals surface area (Å²) < 4.78 is 26.8. The Labute approximate surface area is 185 Å². The van der Waals surface area contributed by atoms with Crippen LogP contribution in [0.3, 0.4) is 0 Å². The van der Waals surface area contributed by atoms with E-state index < -0.39 is 18.0 Å². The standard InChI is InChI=1S/C21H27N3O8/c1-28-16-7-6-13(20(31-4)21(16)32-5)8-17(25)23-14-11-22-24(12-14)15(9-18(26)29-2)10-19(27)30-3/h6-7,11-12,15H,8-10H2,1-5H3,(H,23,25). The van der Waals surface area contributed by atoms with Crippen molar-refractivity contribution >= 4 is 23.5 Å². The lowest BCUT2D eigenvalue weighted by Gasteiger charge is -2.15. The topological polar surface area (TPSA) is 127 Å². The van der Waals surface area contributed by atoms with Gasteiger partial charge in [-0.1, -0.05) is 6.07 Å². The van der Waals surface area contributed by atoms with Gasteiger partial charge in [0.15, 0.2) is 11.5 Å². The second kappa shape index (κ2) is 11.6. The second-order valence-corrected chi connectivity index (χ2v) is 6.64. The molecule has 32 heavy (non-hydrogen) atoms. The molecule has 0 saturated carbocycles. The molecule has 2 aromatic rings. The Morgan fingerprint density at radius 3 is 2.09 bits per heavy atom. The number of amides is 1. The maximum Gasteiger partial charge on any atom is 0.307 e. The van der Waals surface area contributed by atoms with E-state index in [0.717, 1.165) is 0 Å². The molecule has 1 aromatic heterocycles. The molecule has 1 aromatic carbocycles. The highest BCUT2D eigenvalue weighted by molar-refractivity contribution is 5.92. The average Bonchev–Trinajstić information content (AvgIpc) is 3.25. The zero-order valence-corrected chi connectivity index (χ0v) is 18.7. The van der Waals surface area contributed by atoms with Crippen LogP contribution >= 0.6 is 0 Å². The molecule has 0 fully saturated rings. The summed E-state index contributed by atoms with van der Waals surface area (Å²) in [6.07, 6.45) is 2.79. The van der Waals surface area contributed by atoms with Crippen LogP contribution in [0.25, 0.3) is 0 Å². The van der Waals surface area contributed by atoms with E-state index in [0.29, 0.717) is 28.5 Å². The molecule has 0 radical (unpaired) electrons.